The van der Waals surface area contributed by atoms with Gasteiger partial charge in [-0.25, -0.2) is 4.79 Å². The summed E-state index contributed by atoms with van der Waals surface area (Å²) < 4.78 is 17.6. The molecule has 1 aliphatic heterocycles. The molecular weight excluding hydrogens is 329 g/mol. The van der Waals surface area contributed by atoms with Crippen LogP contribution < -0.4 is 5.46 Å². The lowest BCUT2D eigenvalue weighted by atomic mass is 9.78. The van der Waals surface area contributed by atoms with Gasteiger partial charge in [0, 0.05) is 7.05 Å². The first-order valence-electron chi connectivity index (χ1n) is 9.15. The predicted molar refractivity (Wildman–Crippen MR) is 105 cm³/mol. The molecule has 0 bridgehead atoms. The summed E-state index contributed by atoms with van der Waals surface area (Å²) in [5, 5.41) is 0. The fourth-order valence-corrected chi connectivity index (χ4v) is 2.63. The zero-order chi connectivity index (χ0) is 19.9. The van der Waals surface area contributed by atoms with Gasteiger partial charge >= 0.3 is 13.2 Å². The van der Waals surface area contributed by atoms with Crippen molar-refractivity contribution < 1.29 is 18.8 Å². The van der Waals surface area contributed by atoms with Crippen LogP contribution in [0.15, 0.2) is 24.3 Å². The number of benzene rings is 1. The molecule has 0 radical (unpaired) electrons. The van der Waals surface area contributed by atoms with E-state index in [4.69, 9.17) is 14.0 Å². The number of rotatable bonds is 3. The highest BCUT2D eigenvalue weighted by Gasteiger charge is 2.51. The van der Waals surface area contributed by atoms with Crippen LogP contribution in [0.3, 0.4) is 0 Å². The van der Waals surface area contributed by atoms with Gasteiger partial charge in [0.2, 0.25) is 0 Å². The molecule has 2 rings (SSSR count). The van der Waals surface area contributed by atoms with Gasteiger partial charge in [0.1, 0.15) is 5.60 Å². The molecule has 0 aromatic heterocycles. The van der Waals surface area contributed by atoms with Gasteiger partial charge in [-0.1, -0.05) is 24.3 Å². The molecule has 0 N–H and O–H groups in total. The van der Waals surface area contributed by atoms with E-state index in [1.165, 1.54) is 0 Å². The van der Waals surface area contributed by atoms with E-state index in [9.17, 15) is 4.79 Å². The maximum Gasteiger partial charge on any atom is 0.494 e. The first kappa shape index (κ1) is 20.8. The Morgan fingerprint density at radius 3 is 1.96 bits per heavy atom. The maximum atomic E-state index is 12.3. The van der Waals surface area contributed by atoms with E-state index in [0.717, 1.165) is 11.0 Å². The number of amides is 1. The summed E-state index contributed by atoms with van der Waals surface area (Å²) in [7, 11) is 1.37. The van der Waals surface area contributed by atoms with Crippen LogP contribution in [-0.4, -0.2) is 42.0 Å². The minimum Gasteiger partial charge on any atom is -0.444 e. The highest BCUT2D eigenvalue weighted by atomic mass is 16.7. The van der Waals surface area contributed by atoms with Gasteiger partial charge in [-0.2, -0.15) is 0 Å². The Morgan fingerprint density at radius 1 is 1.08 bits per heavy atom. The van der Waals surface area contributed by atoms with Crippen molar-refractivity contribution in [3.63, 3.8) is 0 Å². The Balaban J connectivity index is 2.09. The standard InChI is InChI=1S/C20H32BNO4/c1-14(22(9)17(23)24-18(2,3)4)15-10-12-16(13-11-15)21-25-19(5,6)20(7,8)26-21/h10-14H,1-9H3/t14-/m0/s1. The highest BCUT2D eigenvalue weighted by molar-refractivity contribution is 6.62. The van der Waals surface area contributed by atoms with Gasteiger partial charge in [0.05, 0.1) is 17.2 Å². The van der Waals surface area contributed by atoms with E-state index < -0.39 is 5.60 Å². The summed E-state index contributed by atoms with van der Waals surface area (Å²) in [6.07, 6.45) is -0.333. The molecule has 0 unspecified atom stereocenters. The third-order valence-corrected chi connectivity index (χ3v) is 5.21. The second-order valence-corrected chi connectivity index (χ2v) is 9.02. The first-order valence-corrected chi connectivity index (χ1v) is 9.15. The van der Waals surface area contributed by atoms with Crippen molar-refractivity contribution >= 4 is 18.7 Å². The SMILES string of the molecule is C[C@@H](c1ccc(B2OC(C)(C)C(C)(C)O2)cc1)N(C)C(=O)OC(C)(C)C. The first-order chi connectivity index (χ1) is 11.7. The van der Waals surface area contributed by atoms with Crippen LogP contribution in [-0.2, 0) is 14.0 Å². The van der Waals surface area contributed by atoms with Gasteiger partial charge in [0.15, 0.2) is 0 Å². The van der Waals surface area contributed by atoms with Crippen molar-refractivity contribution in [1.82, 2.24) is 4.90 Å². The molecule has 1 saturated heterocycles. The molecule has 5 nitrogen and oxygen atoms in total. The molecule has 0 aliphatic carbocycles. The topological polar surface area (TPSA) is 48.0 Å². The summed E-state index contributed by atoms with van der Waals surface area (Å²) in [5.41, 5.74) is 0.769. The molecule has 26 heavy (non-hydrogen) atoms. The lowest BCUT2D eigenvalue weighted by Gasteiger charge is -2.32. The molecule has 6 heteroatoms. The molecule has 1 aromatic rings. The average molecular weight is 361 g/mol. The monoisotopic (exact) mass is 361 g/mol. The van der Waals surface area contributed by atoms with E-state index in [1.54, 1.807) is 11.9 Å². The Morgan fingerprint density at radius 2 is 1.54 bits per heavy atom. The Hall–Kier alpha value is -1.53. The van der Waals surface area contributed by atoms with Crippen molar-refractivity contribution in [3.05, 3.63) is 29.8 Å². The van der Waals surface area contributed by atoms with Gasteiger partial charge in [-0.3, -0.25) is 0 Å². The number of ether oxygens (including phenoxy) is 1. The fraction of sp³-hybridized carbons (Fsp3) is 0.650. The Labute approximate surface area is 158 Å². The number of hydrogen-bond donors (Lipinski definition) is 0. The second-order valence-electron chi connectivity index (χ2n) is 9.02. The molecule has 0 spiro atoms. The normalized spacial score (nSPS) is 20.0. The van der Waals surface area contributed by atoms with Crippen molar-refractivity contribution in [2.24, 2.45) is 0 Å². The number of hydrogen-bond acceptors (Lipinski definition) is 4. The van der Waals surface area contributed by atoms with E-state index in [-0.39, 0.29) is 30.5 Å². The predicted octanol–water partition coefficient (Wildman–Crippen LogP) is 3.91. The number of nitrogens with zero attached hydrogens (tertiary/aromatic N) is 1. The van der Waals surface area contributed by atoms with Crippen LogP contribution in [0.5, 0.6) is 0 Å². The summed E-state index contributed by atoms with van der Waals surface area (Å²) in [6.45, 7) is 15.7. The van der Waals surface area contributed by atoms with Gasteiger partial charge in [-0.15, -0.1) is 0 Å². The average Bonchev–Trinajstić information content (AvgIpc) is 2.72. The molecule has 1 atom stereocenters. The summed E-state index contributed by atoms with van der Waals surface area (Å²) >= 11 is 0. The molecule has 144 valence electrons. The summed E-state index contributed by atoms with van der Waals surface area (Å²) in [5.74, 6) is 0. The van der Waals surface area contributed by atoms with Crippen LogP contribution >= 0.6 is 0 Å². The van der Waals surface area contributed by atoms with Crippen LogP contribution in [0.2, 0.25) is 0 Å². The van der Waals surface area contributed by atoms with Crippen LogP contribution in [0.25, 0.3) is 0 Å². The second kappa shape index (κ2) is 6.89. The molecule has 1 fully saturated rings. The number of carbonyl (C=O) groups is 1. The third kappa shape index (κ3) is 4.41. The minimum atomic E-state index is -0.508. The highest BCUT2D eigenvalue weighted by Crippen LogP contribution is 2.36. The molecule has 1 aliphatic rings. The molecular formula is C20H32BNO4. The van der Waals surface area contributed by atoms with Gasteiger partial charge in [0.25, 0.3) is 0 Å². The molecule has 1 amide bonds. The molecule has 0 saturated carbocycles. The number of carbonyl (C=O) groups excluding carboxylic acids is 1. The summed E-state index contributed by atoms with van der Waals surface area (Å²) in [6, 6.07) is 7.91. The van der Waals surface area contributed by atoms with Crippen molar-refractivity contribution in [3.8, 4) is 0 Å². The van der Waals surface area contributed by atoms with Crippen molar-refractivity contribution in [2.75, 3.05) is 7.05 Å². The van der Waals surface area contributed by atoms with Crippen LogP contribution in [0, 0.1) is 0 Å². The van der Waals surface area contributed by atoms with Crippen LogP contribution in [0.1, 0.15) is 67.0 Å². The van der Waals surface area contributed by atoms with Gasteiger partial charge in [-0.05, 0) is 66.4 Å². The minimum absolute atomic E-state index is 0.0998. The van der Waals surface area contributed by atoms with Crippen LogP contribution in [0.4, 0.5) is 4.79 Å². The largest absolute Gasteiger partial charge is 0.494 e. The fourth-order valence-electron chi connectivity index (χ4n) is 2.63. The van der Waals surface area contributed by atoms with E-state index in [2.05, 4.69) is 0 Å². The third-order valence-electron chi connectivity index (χ3n) is 5.21. The molecule has 1 aromatic carbocycles. The van der Waals surface area contributed by atoms with Gasteiger partial charge < -0.3 is 18.9 Å². The Bertz CT molecular complexity index is 633. The zero-order valence-electron chi connectivity index (χ0n) is 17.5. The lowest BCUT2D eigenvalue weighted by Crippen LogP contribution is -2.41. The smallest absolute Gasteiger partial charge is 0.444 e. The van der Waals surface area contributed by atoms with E-state index >= 15 is 0 Å². The molecule has 1 heterocycles. The maximum absolute atomic E-state index is 12.3. The zero-order valence-corrected chi connectivity index (χ0v) is 17.5. The summed E-state index contributed by atoms with van der Waals surface area (Å²) in [4.78, 5) is 13.9. The quantitative estimate of drug-likeness (QED) is 0.766. The lowest BCUT2D eigenvalue weighted by molar-refractivity contribution is 0.00578. The van der Waals surface area contributed by atoms with E-state index in [0.29, 0.717) is 0 Å². The van der Waals surface area contributed by atoms with Crippen molar-refractivity contribution in [2.45, 2.75) is 78.2 Å². The van der Waals surface area contributed by atoms with Crippen molar-refractivity contribution in [1.29, 1.82) is 0 Å². The van der Waals surface area contributed by atoms with E-state index in [1.807, 2.05) is 79.7 Å². The Kier molecular flexibility index (Phi) is 5.51.